The number of esters is 1. The van der Waals surface area contributed by atoms with Crippen LogP contribution in [0.15, 0.2) is 0 Å². The lowest BCUT2D eigenvalue weighted by atomic mass is 9.79. The molecule has 0 bridgehead atoms. The Bertz CT molecular complexity index is 241. The van der Waals surface area contributed by atoms with Gasteiger partial charge >= 0.3 is 12.1 Å². The van der Waals surface area contributed by atoms with Crippen molar-refractivity contribution in [1.82, 2.24) is 5.32 Å². The third kappa shape index (κ3) is 1.58. The molecule has 6 heteroatoms. The highest BCUT2D eigenvalue weighted by Crippen LogP contribution is 2.46. The molecule has 1 saturated heterocycles. The van der Waals surface area contributed by atoms with Crippen LogP contribution in [0.25, 0.3) is 0 Å². The topological polar surface area (TPSA) is 38.3 Å². The van der Waals surface area contributed by atoms with Gasteiger partial charge in [0.15, 0.2) is 0 Å². The van der Waals surface area contributed by atoms with E-state index in [1.54, 1.807) is 0 Å². The molecule has 82 valence electrons. The van der Waals surface area contributed by atoms with Crippen molar-refractivity contribution in [3.05, 3.63) is 0 Å². The number of carbonyl (C=O) groups is 1. The highest BCUT2D eigenvalue weighted by atomic mass is 19.4. The van der Waals surface area contributed by atoms with Gasteiger partial charge in [0.05, 0.1) is 18.4 Å². The van der Waals surface area contributed by atoms with E-state index in [9.17, 15) is 18.0 Å². The molecule has 0 radical (unpaired) electrons. The zero-order chi connectivity index (χ0) is 11.0. The quantitative estimate of drug-likeness (QED) is 0.656. The number of ether oxygens (including phenoxy) is 1. The number of methoxy groups -OCH3 is 1. The Morgan fingerprint density at radius 3 is 2.57 bits per heavy atom. The highest BCUT2D eigenvalue weighted by Gasteiger charge is 2.60. The van der Waals surface area contributed by atoms with E-state index < -0.39 is 23.5 Å². The van der Waals surface area contributed by atoms with Gasteiger partial charge in [0, 0.05) is 13.1 Å². The summed E-state index contributed by atoms with van der Waals surface area (Å²) in [6.45, 7) is 0.813. The Morgan fingerprint density at radius 2 is 2.14 bits per heavy atom. The zero-order valence-corrected chi connectivity index (χ0v) is 7.94. The van der Waals surface area contributed by atoms with Crippen molar-refractivity contribution in [1.29, 1.82) is 0 Å². The molecule has 0 saturated carbocycles. The molecule has 2 unspecified atom stereocenters. The molecule has 2 atom stereocenters. The molecule has 0 spiro atoms. The molecule has 0 aromatic heterocycles. The smallest absolute Gasteiger partial charge is 0.396 e. The second-order valence-corrected chi connectivity index (χ2v) is 3.62. The average Bonchev–Trinajstić information content (AvgIpc) is 2.46. The predicted molar refractivity (Wildman–Crippen MR) is 42.5 cm³/mol. The maximum atomic E-state index is 12.6. The summed E-state index contributed by atoms with van der Waals surface area (Å²) in [5.74, 6) is -1.96. The summed E-state index contributed by atoms with van der Waals surface area (Å²) >= 11 is 0. The molecular formula is C8H12F3NO2. The highest BCUT2D eigenvalue weighted by molar-refractivity contribution is 5.74. The molecule has 14 heavy (non-hydrogen) atoms. The van der Waals surface area contributed by atoms with Crippen LogP contribution in [0.3, 0.4) is 0 Å². The first-order chi connectivity index (χ1) is 6.33. The number of rotatable bonds is 1. The average molecular weight is 211 g/mol. The first kappa shape index (κ1) is 11.3. The van der Waals surface area contributed by atoms with Crippen molar-refractivity contribution in [2.24, 2.45) is 11.3 Å². The van der Waals surface area contributed by atoms with E-state index in [-0.39, 0.29) is 13.1 Å². The van der Waals surface area contributed by atoms with Crippen LogP contribution in [0.4, 0.5) is 13.2 Å². The van der Waals surface area contributed by atoms with Gasteiger partial charge in [-0.1, -0.05) is 0 Å². The first-order valence-electron chi connectivity index (χ1n) is 4.18. The minimum atomic E-state index is -4.39. The van der Waals surface area contributed by atoms with E-state index in [2.05, 4.69) is 10.1 Å². The van der Waals surface area contributed by atoms with Crippen molar-refractivity contribution < 1.29 is 22.7 Å². The van der Waals surface area contributed by atoms with E-state index >= 15 is 0 Å². The molecular weight excluding hydrogens is 199 g/mol. The van der Waals surface area contributed by atoms with Gasteiger partial charge in [-0.2, -0.15) is 13.2 Å². The molecule has 1 aliphatic rings. The van der Waals surface area contributed by atoms with Gasteiger partial charge in [-0.05, 0) is 6.92 Å². The molecule has 0 aliphatic carbocycles. The minimum Gasteiger partial charge on any atom is -0.469 e. The third-order valence-electron chi connectivity index (χ3n) is 2.74. The number of nitrogens with one attached hydrogen (secondary N) is 1. The maximum absolute atomic E-state index is 12.6. The summed E-state index contributed by atoms with van der Waals surface area (Å²) in [5, 5.41) is 2.56. The Labute approximate surface area is 79.6 Å². The fourth-order valence-electron chi connectivity index (χ4n) is 1.61. The number of hydrogen-bond acceptors (Lipinski definition) is 3. The van der Waals surface area contributed by atoms with Crippen LogP contribution in [0, 0.1) is 11.3 Å². The molecule has 1 fully saturated rings. The summed E-state index contributed by atoms with van der Waals surface area (Å²) in [5.41, 5.74) is -2.01. The second kappa shape index (κ2) is 3.42. The standard InChI is InChI=1S/C8H12F3NO2/c1-7(8(9,10)11)4-12-3-5(7)6(13)14-2/h5,12H,3-4H2,1-2H3. The van der Waals surface area contributed by atoms with Crippen LogP contribution in [0.2, 0.25) is 0 Å². The van der Waals surface area contributed by atoms with Crippen molar-refractivity contribution >= 4 is 5.97 Å². The first-order valence-corrected chi connectivity index (χ1v) is 4.18. The SMILES string of the molecule is COC(=O)C1CNCC1(C)C(F)(F)F. The summed E-state index contributed by atoms with van der Waals surface area (Å²) in [6, 6.07) is 0. The van der Waals surface area contributed by atoms with Crippen LogP contribution in [0.1, 0.15) is 6.92 Å². The summed E-state index contributed by atoms with van der Waals surface area (Å²) in [7, 11) is 1.09. The Hall–Kier alpha value is -0.780. The van der Waals surface area contributed by atoms with Gasteiger partial charge < -0.3 is 10.1 Å². The van der Waals surface area contributed by atoms with E-state index in [0.717, 1.165) is 14.0 Å². The van der Waals surface area contributed by atoms with Crippen LogP contribution in [0.5, 0.6) is 0 Å². The predicted octanol–water partition coefficient (Wildman–Crippen LogP) is 0.947. The van der Waals surface area contributed by atoms with E-state index in [0.29, 0.717) is 0 Å². The molecule has 1 aliphatic heterocycles. The van der Waals surface area contributed by atoms with Crippen molar-refractivity contribution in [2.45, 2.75) is 13.1 Å². The minimum absolute atomic E-state index is 0.0166. The summed E-state index contributed by atoms with van der Waals surface area (Å²) in [4.78, 5) is 11.1. The summed E-state index contributed by atoms with van der Waals surface area (Å²) in [6.07, 6.45) is -4.39. The number of carbonyl (C=O) groups excluding carboxylic acids is 1. The van der Waals surface area contributed by atoms with Gasteiger partial charge in [-0.25, -0.2) is 0 Å². The third-order valence-corrected chi connectivity index (χ3v) is 2.74. The Kier molecular flexibility index (Phi) is 2.76. The molecule has 3 nitrogen and oxygen atoms in total. The maximum Gasteiger partial charge on any atom is 0.396 e. The lowest BCUT2D eigenvalue weighted by Crippen LogP contribution is -2.45. The molecule has 0 amide bonds. The van der Waals surface area contributed by atoms with Crippen LogP contribution in [-0.2, 0) is 9.53 Å². The number of halogens is 3. The van der Waals surface area contributed by atoms with Gasteiger partial charge in [-0.3, -0.25) is 4.79 Å². The zero-order valence-electron chi connectivity index (χ0n) is 7.94. The molecule has 1 rings (SSSR count). The fraction of sp³-hybridized carbons (Fsp3) is 0.875. The van der Waals surface area contributed by atoms with Gasteiger partial charge in [-0.15, -0.1) is 0 Å². The Morgan fingerprint density at radius 1 is 1.57 bits per heavy atom. The van der Waals surface area contributed by atoms with Crippen LogP contribution >= 0.6 is 0 Å². The monoisotopic (exact) mass is 211 g/mol. The van der Waals surface area contributed by atoms with Crippen LogP contribution in [-0.4, -0.2) is 32.3 Å². The summed E-state index contributed by atoms with van der Waals surface area (Å²) < 4.78 is 42.3. The lowest BCUT2D eigenvalue weighted by Gasteiger charge is -2.30. The van der Waals surface area contributed by atoms with Crippen molar-refractivity contribution in [2.75, 3.05) is 20.2 Å². The van der Waals surface area contributed by atoms with E-state index in [1.807, 2.05) is 0 Å². The molecule has 1 heterocycles. The second-order valence-electron chi connectivity index (χ2n) is 3.62. The largest absolute Gasteiger partial charge is 0.469 e. The van der Waals surface area contributed by atoms with Crippen molar-refractivity contribution in [3.63, 3.8) is 0 Å². The number of alkyl halides is 3. The molecule has 0 aromatic rings. The normalized spacial score (nSPS) is 33.1. The number of hydrogen-bond donors (Lipinski definition) is 1. The fourth-order valence-corrected chi connectivity index (χ4v) is 1.61. The molecule has 0 aromatic carbocycles. The lowest BCUT2D eigenvalue weighted by molar-refractivity contribution is -0.227. The van der Waals surface area contributed by atoms with E-state index in [4.69, 9.17) is 0 Å². The van der Waals surface area contributed by atoms with Crippen molar-refractivity contribution in [3.8, 4) is 0 Å². The Balaban J connectivity index is 2.92. The van der Waals surface area contributed by atoms with Crippen LogP contribution < -0.4 is 5.32 Å². The molecule has 1 N–H and O–H groups in total. The van der Waals surface area contributed by atoms with E-state index in [1.165, 1.54) is 0 Å². The van der Waals surface area contributed by atoms with Gasteiger partial charge in [0.25, 0.3) is 0 Å². The van der Waals surface area contributed by atoms with Gasteiger partial charge in [0.2, 0.25) is 0 Å². The van der Waals surface area contributed by atoms with Gasteiger partial charge in [0.1, 0.15) is 0 Å².